The van der Waals surface area contributed by atoms with Gasteiger partial charge in [-0.25, -0.2) is 0 Å². The van der Waals surface area contributed by atoms with E-state index >= 15 is 0 Å². The molecule has 0 fully saturated rings. The molecule has 0 aromatic heterocycles. The highest BCUT2D eigenvalue weighted by Gasteiger charge is 2.13. The van der Waals surface area contributed by atoms with Crippen LogP contribution in [0.4, 0.5) is 0 Å². The first kappa shape index (κ1) is 18.0. The van der Waals surface area contributed by atoms with Crippen molar-refractivity contribution in [3.8, 4) is 5.75 Å². The minimum atomic E-state index is -0.106. The minimum absolute atomic E-state index is 0.0152. The highest BCUT2D eigenvalue weighted by atomic mass is 79.9. The largest absolute Gasteiger partial charge is 0.482 e. The lowest BCUT2D eigenvalue weighted by Crippen LogP contribution is -2.35. The van der Waals surface area contributed by atoms with Crippen molar-refractivity contribution < 1.29 is 9.53 Å². The number of carbonyl (C=O) groups excluding carboxylic acids is 1. The fourth-order valence-electron chi connectivity index (χ4n) is 1.86. The van der Waals surface area contributed by atoms with E-state index in [1.807, 2.05) is 32.0 Å². The van der Waals surface area contributed by atoms with Gasteiger partial charge in [-0.1, -0.05) is 26.0 Å². The van der Waals surface area contributed by atoms with E-state index in [0.29, 0.717) is 5.75 Å². The van der Waals surface area contributed by atoms with Crippen LogP contribution in [0.25, 0.3) is 0 Å². The lowest BCUT2D eigenvalue weighted by Gasteiger charge is -2.17. The van der Waals surface area contributed by atoms with Gasteiger partial charge in [0.15, 0.2) is 6.61 Å². The number of benzene rings is 1. The first-order valence-electron chi connectivity index (χ1n) is 7.43. The Morgan fingerprint density at radius 3 is 2.71 bits per heavy atom. The summed E-state index contributed by atoms with van der Waals surface area (Å²) in [5, 5.41) is 2.89. The van der Waals surface area contributed by atoms with Crippen molar-refractivity contribution in [3.05, 3.63) is 28.2 Å². The molecule has 2 atom stereocenters. The minimum Gasteiger partial charge on any atom is -0.482 e. The van der Waals surface area contributed by atoms with E-state index in [1.54, 1.807) is 0 Å². The normalized spacial score (nSPS) is 13.6. The molecule has 0 aliphatic rings. The lowest BCUT2D eigenvalue weighted by molar-refractivity contribution is -0.123. The van der Waals surface area contributed by atoms with Crippen LogP contribution in [0.15, 0.2) is 22.7 Å². The number of para-hydroxylation sites is 1. The molecule has 0 aliphatic heterocycles. The summed E-state index contributed by atoms with van der Waals surface area (Å²) < 4.78 is 6.55. The Morgan fingerprint density at radius 2 is 2.10 bits per heavy atom. The second kappa shape index (κ2) is 9.05. The first-order valence-corrected chi connectivity index (χ1v) is 8.22. The zero-order valence-corrected chi connectivity index (χ0v) is 14.6. The molecule has 1 amide bonds. The Kier molecular flexibility index (Phi) is 7.75. The average Bonchev–Trinajstić information content (AvgIpc) is 2.46. The van der Waals surface area contributed by atoms with E-state index in [2.05, 4.69) is 28.2 Å². The number of halogens is 1. The van der Waals surface area contributed by atoms with Crippen LogP contribution in [0.5, 0.6) is 5.75 Å². The number of ether oxygens (including phenoxy) is 1. The van der Waals surface area contributed by atoms with Crippen LogP contribution in [0, 0.1) is 0 Å². The summed E-state index contributed by atoms with van der Waals surface area (Å²) in [7, 11) is 0. The molecule has 3 N–H and O–H groups in total. The smallest absolute Gasteiger partial charge is 0.258 e. The second-order valence-corrected chi connectivity index (χ2v) is 6.12. The van der Waals surface area contributed by atoms with Crippen molar-refractivity contribution in [2.75, 3.05) is 6.61 Å². The number of rotatable bonds is 8. The zero-order valence-electron chi connectivity index (χ0n) is 13.0. The summed E-state index contributed by atoms with van der Waals surface area (Å²) in [6.45, 7) is 6.08. The maximum absolute atomic E-state index is 11.8. The van der Waals surface area contributed by atoms with Crippen molar-refractivity contribution in [1.29, 1.82) is 0 Å². The number of carbonyl (C=O) groups is 1. The van der Waals surface area contributed by atoms with Gasteiger partial charge in [-0.15, -0.1) is 0 Å². The molecule has 1 rings (SSSR count). The van der Waals surface area contributed by atoms with Crippen LogP contribution in [-0.4, -0.2) is 24.6 Å². The van der Waals surface area contributed by atoms with E-state index in [9.17, 15) is 4.79 Å². The van der Waals surface area contributed by atoms with E-state index in [0.717, 1.165) is 29.3 Å². The highest BCUT2D eigenvalue weighted by Crippen LogP contribution is 2.30. The maximum atomic E-state index is 11.8. The third kappa shape index (κ3) is 6.06. The van der Waals surface area contributed by atoms with Crippen molar-refractivity contribution >= 4 is 21.8 Å². The molecular weight excluding hydrogens is 332 g/mol. The highest BCUT2D eigenvalue weighted by molar-refractivity contribution is 9.10. The molecule has 0 saturated carbocycles. The third-order valence-corrected chi connectivity index (χ3v) is 4.05. The van der Waals surface area contributed by atoms with Crippen molar-refractivity contribution in [2.24, 2.45) is 5.73 Å². The van der Waals surface area contributed by atoms with E-state index < -0.39 is 0 Å². The standard InChI is InChI=1S/C16H25BrN2O2/c1-4-11(3)19-15(20)10-21-16-12(9-13(18)5-2)7-6-8-14(16)17/h6-8,11,13H,4-5,9-10,18H2,1-3H3,(H,19,20). The van der Waals surface area contributed by atoms with Gasteiger partial charge in [-0.2, -0.15) is 0 Å². The van der Waals surface area contributed by atoms with Gasteiger partial charge in [0.25, 0.3) is 5.91 Å². The monoisotopic (exact) mass is 356 g/mol. The van der Waals surface area contributed by atoms with Gasteiger partial charge in [-0.3, -0.25) is 4.79 Å². The van der Waals surface area contributed by atoms with Gasteiger partial charge in [0.2, 0.25) is 0 Å². The Hall–Kier alpha value is -1.07. The lowest BCUT2D eigenvalue weighted by atomic mass is 10.0. The van der Waals surface area contributed by atoms with Gasteiger partial charge in [-0.05, 0) is 53.7 Å². The molecule has 118 valence electrons. The van der Waals surface area contributed by atoms with Crippen molar-refractivity contribution in [3.63, 3.8) is 0 Å². The van der Waals surface area contributed by atoms with E-state index in [4.69, 9.17) is 10.5 Å². The zero-order chi connectivity index (χ0) is 15.8. The molecular formula is C16H25BrN2O2. The van der Waals surface area contributed by atoms with Crippen LogP contribution in [-0.2, 0) is 11.2 Å². The molecule has 0 bridgehead atoms. The van der Waals surface area contributed by atoms with Crippen LogP contribution in [0.3, 0.4) is 0 Å². The molecule has 1 aromatic carbocycles. The van der Waals surface area contributed by atoms with Gasteiger partial charge >= 0.3 is 0 Å². The molecule has 1 aromatic rings. The average molecular weight is 357 g/mol. The Labute approximate surface area is 135 Å². The van der Waals surface area contributed by atoms with Gasteiger partial charge in [0.05, 0.1) is 4.47 Å². The summed E-state index contributed by atoms with van der Waals surface area (Å²) >= 11 is 3.48. The van der Waals surface area contributed by atoms with Crippen molar-refractivity contribution in [2.45, 2.75) is 52.1 Å². The summed E-state index contributed by atoms with van der Waals surface area (Å²) in [6, 6.07) is 6.10. The number of nitrogens with one attached hydrogen (secondary N) is 1. The molecule has 0 aliphatic carbocycles. The molecule has 0 saturated heterocycles. The molecule has 0 radical (unpaired) electrons. The predicted octanol–water partition coefficient (Wildman–Crippen LogP) is 3.02. The number of amides is 1. The fourth-order valence-corrected chi connectivity index (χ4v) is 2.38. The van der Waals surface area contributed by atoms with Gasteiger partial charge < -0.3 is 15.8 Å². The Morgan fingerprint density at radius 1 is 1.38 bits per heavy atom. The maximum Gasteiger partial charge on any atom is 0.258 e. The van der Waals surface area contributed by atoms with E-state index in [1.165, 1.54) is 0 Å². The van der Waals surface area contributed by atoms with Crippen LogP contribution >= 0.6 is 15.9 Å². The fraction of sp³-hybridized carbons (Fsp3) is 0.562. The molecule has 5 heteroatoms. The van der Waals surface area contributed by atoms with Gasteiger partial charge in [0.1, 0.15) is 5.75 Å². The van der Waals surface area contributed by atoms with Crippen LogP contribution < -0.4 is 15.8 Å². The predicted molar refractivity (Wildman–Crippen MR) is 89.5 cm³/mol. The second-order valence-electron chi connectivity index (χ2n) is 5.27. The molecule has 4 nitrogen and oxygen atoms in total. The third-order valence-electron chi connectivity index (χ3n) is 3.42. The first-order chi connectivity index (χ1) is 9.97. The summed E-state index contributed by atoms with van der Waals surface area (Å²) in [6.07, 6.45) is 2.54. The van der Waals surface area contributed by atoms with E-state index in [-0.39, 0.29) is 24.6 Å². The van der Waals surface area contributed by atoms with Crippen LogP contribution in [0.1, 0.15) is 39.2 Å². The Balaban J connectivity index is 2.71. The molecule has 21 heavy (non-hydrogen) atoms. The number of hydrogen-bond acceptors (Lipinski definition) is 3. The number of nitrogens with two attached hydrogens (primary N) is 1. The molecule has 0 spiro atoms. The summed E-state index contributed by atoms with van der Waals surface area (Å²) in [5.41, 5.74) is 7.04. The quantitative estimate of drug-likeness (QED) is 0.752. The van der Waals surface area contributed by atoms with Gasteiger partial charge in [0, 0.05) is 12.1 Å². The Bertz CT molecular complexity index is 466. The van der Waals surface area contributed by atoms with Crippen molar-refractivity contribution in [1.82, 2.24) is 5.32 Å². The SMILES string of the molecule is CCC(N)Cc1cccc(Br)c1OCC(=O)NC(C)CC. The topological polar surface area (TPSA) is 64.3 Å². The summed E-state index contributed by atoms with van der Waals surface area (Å²) in [5.74, 6) is 0.603. The van der Waals surface area contributed by atoms with Crippen LogP contribution in [0.2, 0.25) is 0 Å². The molecule has 0 heterocycles. The summed E-state index contributed by atoms with van der Waals surface area (Å²) in [4.78, 5) is 11.8. The number of hydrogen-bond donors (Lipinski definition) is 2. The molecule has 2 unspecified atom stereocenters.